The van der Waals surface area contributed by atoms with E-state index in [2.05, 4.69) is 55.1 Å². The van der Waals surface area contributed by atoms with Crippen molar-refractivity contribution in [1.29, 1.82) is 0 Å². The number of morpholine rings is 1. The van der Waals surface area contributed by atoms with E-state index in [4.69, 9.17) is 21.3 Å². The summed E-state index contributed by atoms with van der Waals surface area (Å²) in [4.78, 5) is 11.4. The third kappa shape index (κ3) is 8.39. The highest BCUT2D eigenvalue weighted by atomic mass is 127. The SMILES string of the molecule is CCNC(=NCC(C)(C)N1CC(C)OC(C)C1)NCCc1ccc(Cl)nc1.I. The van der Waals surface area contributed by atoms with Crippen LogP contribution in [0.1, 0.15) is 40.2 Å². The molecule has 1 aliphatic rings. The molecule has 1 aliphatic heterocycles. The van der Waals surface area contributed by atoms with Gasteiger partial charge in [0.1, 0.15) is 5.15 Å². The van der Waals surface area contributed by atoms with Crippen LogP contribution in [-0.2, 0) is 11.2 Å². The van der Waals surface area contributed by atoms with Gasteiger partial charge in [-0.25, -0.2) is 4.98 Å². The molecule has 0 aromatic carbocycles. The second-order valence-electron chi connectivity index (χ2n) is 7.84. The molecule has 0 saturated carbocycles. The van der Waals surface area contributed by atoms with Crippen LogP contribution >= 0.6 is 35.6 Å². The quantitative estimate of drug-likeness (QED) is 0.248. The van der Waals surface area contributed by atoms with Crippen molar-refractivity contribution >= 4 is 41.5 Å². The molecule has 1 saturated heterocycles. The fraction of sp³-hybridized carbons (Fsp3) is 0.700. The summed E-state index contributed by atoms with van der Waals surface area (Å²) >= 11 is 5.84. The van der Waals surface area contributed by atoms with E-state index in [1.165, 1.54) is 0 Å². The Hall–Kier alpha value is -0.640. The van der Waals surface area contributed by atoms with Gasteiger partial charge in [-0.2, -0.15) is 0 Å². The van der Waals surface area contributed by atoms with Crippen LogP contribution in [-0.4, -0.2) is 66.3 Å². The number of rotatable bonds is 7. The summed E-state index contributed by atoms with van der Waals surface area (Å²) in [6, 6.07) is 3.83. The van der Waals surface area contributed by atoms with Gasteiger partial charge in [0.15, 0.2) is 5.96 Å². The summed E-state index contributed by atoms with van der Waals surface area (Å²) in [5.74, 6) is 0.849. The first-order chi connectivity index (χ1) is 12.8. The molecule has 2 N–H and O–H groups in total. The zero-order valence-electron chi connectivity index (χ0n) is 17.7. The van der Waals surface area contributed by atoms with Crippen LogP contribution in [0.25, 0.3) is 0 Å². The zero-order valence-corrected chi connectivity index (χ0v) is 20.8. The number of pyridine rings is 1. The van der Waals surface area contributed by atoms with Crippen LogP contribution in [0.3, 0.4) is 0 Å². The molecule has 28 heavy (non-hydrogen) atoms. The van der Waals surface area contributed by atoms with Gasteiger partial charge in [-0.15, -0.1) is 24.0 Å². The van der Waals surface area contributed by atoms with Gasteiger partial charge < -0.3 is 15.4 Å². The van der Waals surface area contributed by atoms with Crippen molar-refractivity contribution in [3.63, 3.8) is 0 Å². The summed E-state index contributed by atoms with van der Waals surface area (Å²) in [6.45, 7) is 15.1. The zero-order chi connectivity index (χ0) is 19.9. The molecule has 8 heteroatoms. The molecule has 160 valence electrons. The number of aliphatic imine (C=N–C) groups is 1. The summed E-state index contributed by atoms with van der Waals surface area (Å²) in [5, 5.41) is 7.27. The molecule has 0 radical (unpaired) electrons. The smallest absolute Gasteiger partial charge is 0.191 e. The highest BCUT2D eigenvalue weighted by Crippen LogP contribution is 2.21. The van der Waals surface area contributed by atoms with Gasteiger partial charge in [-0.05, 0) is 52.7 Å². The number of nitrogens with zero attached hydrogens (tertiary/aromatic N) is 3. The fourth-order valence-electron chi connectivity index (χ4n) is 3.27. The molecule has 2 unspecified atom stereocenters. The minimum Gasteiger partial charge on any atom is -0.373 e. The largest absolute Gasteiger partial charge is 0.373 e. The Kier molecular flexibility index (Phi) is 11.0. The van der Waals surface area contributed by atoms with Crippen LogP contribution in [0.15, 0.2) is 23.3 Å². The van der Waals surface area contributed by atoms with E-state index in [9.17, 15) is 0 Å². The van der Waals surface area contributed by atoms with E-state index >= 15 is 0 Å². The van der Waals surface area contributed by atoms with Crippen molar-refractivity contribution in [3.05, 3.63) is 29.0 Å². The lowest BCUT2D eigenvalue weighted by molar-refractivity contribution is -0.0939. The molecule has 2 rings (SSSR count). The summed E-state index contributed by atoms with van der Waals surface area (Å²) < 4.78 is 5.86. The maximum atomic E-state index is 5.86. The van der Waals surface area contributed by atoms with Gasteiger partial charge in [-0.1, -0.05) is 17.7 Å². The van der Waals surface area contributed by atoms with Crippen molar-refractivity contribution in [2.24, 2.45) is 4.99 Å². The maximum Gasteiger partial charge on any atom is 0.191 e. The van der Waals surface area contributed by atoms with Crippen molar-refractivity contribution in [2.45, 2.75) is 58.8 Å². The van der Waals surface area contributed by atoms with Crippen LogP contribution in [0.5, 0.6) is 0 Å². The van der Waals surface area contributed by atoms with E-state index in [1.807, 2.05) is 18.3 Å². The van der Waals surface area contributed by atoms with Crippen molar-refractivity contribution in [1.82, 2.24) is 20.5 Å². The lowest BCUT2D eigenvalue weighted by atomic mass is 10.0. The minimum atomic E-state index is -0.0191. The first-order valence-electron chi connectivity index (χ1n) is 9.83. The lowest BCUT2D eigenvalue weighted by Gasteiger charge is -2.44. The van der Waals surface area contributed by atoms with Gasteiger partial charge in [0.25, 0.3) is 0 Å². The minimum absolute atomic E-state index is 0. The number of hydrogen-bond donors (Lipinski definition) is 2. The second kappa shape index (κ2) is 12.1. The van der Waals surface area contributed by atoms with E-state index in [-0.39, 0.29) is 41.7 Å². The average molecular weight is 524 g/mol. The van der Waals surface area contributed by atoms with Gasteiger partial charge >= 0.3 is 0 Å². The van der Waals surface area contributed by atoms with E-state index < -0.39 is 0 Å². The normalized spacial score (nSPS) is 21.1. The van der Waals surface area contributed by atoms with Gasteiger partial charge in [0.05, 0.1) is 18.8 Å². The number of aromatic nitrogens is 1. The fourth-order valence-corrected chi connectivity index (χ4v) is 3.38. The molecule has 0 aliphatic carbocycles. The second-order valence-corrected chi connectivity index (χ2v) is 8.22. The molecular weight excluding hydrogens is 489 g/mol. The predicted octanol–water partition coefficient (Wildman–Crippen LogP) is 3.34. The standard InChI is InChI=1S/C20H34ClN5O.HI/c1-6-22-19(23-10-9-17-7-8-18(21)24-11-17)25-14-20(4,5)26-12-15(2)27-16(3)13-26;/h7-8,11,15-16H,6,9-10,12-14H2,1-5H3,(H2,22,23,25);1H. The predicted molar refractivity (Wildman–Crippen MR) is 128 cm³/mol. The third-order valence-corrected chi connectivity index (χ3v) is 4.96. The molecule has 1 fully saturated rings. The van der Waals surface area contributed by atoms with Crippen LogP contribution in [0.4, 0.5) is 0 Å². The van der Waals surface area contributed by atoms with Crippen molar-refractivity contribution in [3.8, 4) is 0 Å². The maximum absolute atomic E-state index is 5.86. The summed E-state index contributed by atoms with van der Waals surface area (Å²) in [7, 11) is 0. The Morgan fingerprint density at radius 3 is 2.54 bits per heavy atom. The average Bonchev–Trinajstić information content (AvgIpc) is 2.60. The molecule has 0 spiro atoms. The topological polar surface area (TPSA) is 61.8 Å². The Morgan fingerprint density at radius 1 is 1.29 bits per heavy atom. The van der Waals surface area contributed by atoms with E-state index in [0.717, 1.165) is 50.7 Å². The first-order valence-corrected chi connectivity index (χ1v) is 10.2. The summed E-state index contributed by atoms with van der Waals surface area (Å²) in [5.41, 5.74) is 1.13. The molecule has 1 aromatic heterocycles. The Balaban J connectivity index is 0.00000392. The number of ether oxygens (including phenoxy) is 1. The monoisotopic (exact) mass is 523 g/mol. The van der Waals surface area contributed by atoms with Crippen LogP contribution in [0.2, 0.25) is 5.15 Å². The van der Waals surface area contributed by atoms with Gasteiger partial charge in [0, 0.05) is 37.9 Å². The first kappa shape index (κ1) is 25.4. The Bertz CT molecular complexity index is 601. The van der Waals surface area contributed by atoms with Gasteiger partial charge in [-0.3, -0.25) is 9.89 Å². The van der Waals surface area contributed by atoms with Crippen LogP contribution < -0.4 is 10.6 Å². The van der Waals surface area contributed by atoms with Gasteiger partial charge in [0.2, 0.25) is 0 Å². The molecule has 2 atom stereocenters. The highest BCUT2D eigenvalue weighted by molar-refractivity contribution is 14.0. The highest BCUT2D eigenvalue weighted by Gasteiger charge is 2.33. The third-order valence-electron chi connectivity index (χ3n) is 4.74. The van der Waals surface area contributed by atoms with E-state index in [0.29, 0.717) is 5.15 Å². The van der Waals surface area contributed by atoms with Crippen molar-refractivity contribution < 1.29 is 4.74 Å². The van der Waals surface area contributed by atoms with E-state index in [1.54, 1.807) is 0 Å². The lowest BCUT2D eigenvalue weighted by Crippen LogP contribution is -2.56. The number of nitrogens with one attached hydrogen (secondary N) is 2. The molecule has 0 amide bonds. The molecule has 2 heterocycles. The van der Waals surface area contributed by atoms with Crippen LogP contribution in [0, 0.1) is 0 Å². The number of hydrogen-bond acceptors (Lipinski definition) is 4. The number of guanidine groups is 1. The Morgan fingerprint density at radius 2 is 1.96 bits per heavy atom. The number of halogens is 2. The molecule has 6 nitrogen and oxygen atoms in total. The molecular formula is C20H35ClIN5O. The Labute approximate surface area is 191 Å². The van der Waals surface area contributed by atoms with Crippen molar-refractivity contribution in [2.75, 3.05) is 32.7 Å². The molecule has 1 aromatic rings. The molecule has 0 bridgehead atoms. The summed E-state index contributed by atoms with van der Waals surface area (Å²) in [6.07, 6.45) is 3.21.